The van der Waals surface area contributed by atoms with Crippen molar-refractivity contribution in [2.45, 2.75) is 13.5 Å². The van der Waals surface area contributed by atoms with Crippen LogP contribution in [0.5, 0.6) is 5.75 Å². The number of benzene rings is 1. The average Bonchev–Trinajstić information content (AvgIpc) is 2.99. The Balaban J connectivity index is 1.81. The van der Waals surface area contributed by atoms with E-state index in [-0.39, 0.29) is 6.54 Å². The molecule has 0 saturated heterocycles. The number of aromatic nitrogens is 1. The highest BCUT2D eigenvalue weighted by atomic mass is 32.1. The monoisotopic (exact) mass is 305 g/mol. The molecule has 2 aromatic rings. The van der Waals surface area contributed by atoms with Gasteiger partial charge in [0.05, 0.1) is 6.61 Å². The Hall–Kier alpha value is -2.41. The minimum atomic E-state index is -0.726. The summed E-state index contributed by atoms with van der Waals surface area (Å²) >= 11 is 1.25. The number of hydrogen-bond acceptors (Lipinski definition) is 5. The number of amides is 2. The molecule has 0 fully saturated rings. The Morgan fingerprint density at radius 3 is 2.62 bits per heavy atom. The second kappa shape index (κ2) is 7.39. The van der Waals surface area contributed by atoms with Gasteiger partial charge in [0.15, 0.2) is 5.13 Å². The van der Waals surface area contributed by atoms with E-state index in [2.05, 4.69) is 15.6 Å². The number of hydrogen-bond donors (Lipinski definition) is 2. The number of nitrogens with one attached hydrogen (secondary N) is 2. The van der Waals surface area contributed by atoms with E-state index in [4.69, 9.17) is 4.74 Å². The highest BCUT2D eigenvalue weighted by Gasteiger charge is 2.14. The van der Waals surface area contributed by atoms with Gasteiger partial charge in [-0.25, -0.2) is 4.98 Å². The quantitative estimate of drug-likeness (QED) is 0.825. The van der Waals surface area contributed by atoms with Gasteiger partial charge < -0.3 is 10.1 Å². The van der Waals surface area contributed by atoms with Gasteiger partial charge in [-0.1, -0.05) is 12.1 Å². The number of carbonyl (C=O) groups excluding carboxylic acids is 2. The first-order valence-corrected chi connectivity index (χ1v) is 7.27. The van der Waals surface area contributed by atoms with E-state index < -0.39 is 11.8 Å². The van der Waals surface area contributed by atoms with Crippen LogP contribution >= 0.6 is 11.3 Å². The molecular formula is C14H15N3O3S. The summed E-state index contributed by atoms with van der Waals surface area (Å²) in [6.45, 7) is 2.79. The van der Waals surface area contributed by atoms with E-state index in [1.54, 1.807) is 11.6 Å². The van der Waals surface area contributed by atoms with Crippen LogP contribution in [0.4, 0.5) is 5.13 Å². The lowest BCUT2D eigenvalue weighted by Gasteiger charge is -2.06. The van der Waals surface area contributed by atoms with Crippen LogP contribution in [0, 0.1) is 0 Å². The van der Waals surface area contributed by atoms with Gasteiger partial charge in [0, 0.05) is 18.1 Å². The summed E-state index contributed by atoms with van der Waals surface area (Å²) in [4.78, 5) is 27.1. The van der Waals surface area contributed by atoms with Crippen molar-refractivity contribution in [3.63, 3.8) is 0 Å². The fourth-order valence-electron chi connectivity index (χ4n) is 1.57. The Labute approximate surface area is 126 Å². The fourth-order valence-corrected chi connectivity index (χ4v) is 2.10. The van der Waals surface area contributed by atoms with E-state index in [0.717, 1.165) is 11.3 Å². The summed E-state index contributed by atoms with van der Waals surface area (Å²) in [6, 6.07) is 7.31. The molecule has 6 nitrogen and oxygen atoms in total. The van der Waals surface area contributed by atoms with Crippen molar-refractivity contribution in [1.29, 1.82) is 0 Å². The molecule has 1 aromatic heterocycles. The van der Waals surface area contributed by atoms with Gasteiger partial charge in [-0.2, -0.15) is 0 Å². The van der Waals surface area contributed by atoms with Crippen LogP contribution in [-0.2, 0) is 16.1 Å². The SMILES string of the molecule is CCOc1ccc(CNC(=O)C(=O)Nc2nccs2)cc1. The fraction of sp³-hybridized carbons (Fsp3) is 0.214. The van der Waals surface area contributed by atoms with Crippen molar-refractivity contribution in [2.24, 2.45) is 0 Å². The maximum atomic E-state index is 11.6. The van der Waals surface area contributed by atoms with Gasteiger partial charge in [-0.3, -0.25) is 14.9 Å². The molecule has 110 valence electrons. The Bertz CT molecular complexity index is 596. The molecule has 0 aliphatic heterocycles. The summed E-state index contributed by atoms with van der Waals surface area (Å²) in [7, 11) is 0. The molecule has 0 unspecified atom stereocenters. The third kappa shape index (κ3) is 4.57. The molecule has 21 heavy (non-hydrogen) atoms. The van der Waals surface area contributed by atoms with Crippen molar-refractivity contribution < 1.29 is 14.3 Å². The van der Waals surface area contributed by atoms with Gasteiger partial charge in [-0.15, -0.1) is 11.3 Å². The number of carbonyl (C=O) groups is 2. The standard InChI is InChI=1S/C14H15N3O3S/c1-2-20-11-5-3-10(4-6-11)9-16-12(18)13(19)17-14-15-7-8-21-14/h3-8H,2,9H2,1H3,(H,16,18)(H,15,17,19). The zero-order chi connectivity index (χ0) is 15.1. The first-order chi connectivity index (χ1) is 10.2. The van der Waals surface area contributed by atoms with E-state index in [0.29, 0.717) is 11.7 Å². The predicted octanol–water partition coefficient (Wildman–Crippen LogP) is 1.80. The Morgan fingerprint density at radius 1 is 1.24 bits per heavy atom. The minimum Gasteiger partial charge on any atom is -0.494 e. The molecule has 1 heterocycles. The third-order valence-corrected chi connectivity index (χ3v) is 3.23. The number of nitrogens with zero attached hydrogens (tertiary/aromatic N) is 1. The van der Waals surface area contributed by atoms with Crippen LogP contribution in [0.3, 0.4) is 0 Å². The highest BCUT2D eigenvalue weighted by Crippen LogP contribution is 2.12. The van der Waals surface area contributed by atoms with Crippen LogP contribution in [0.2, 0.25) is 0 Å². The summed E-state index contributed by atoms with van der Waals surface area (Å²) in [5, 5.41) is 7.08. The van der Waals surface area contributed by atoms with Crippen LogP contribution in [0.25, 0.3) is 0 Å². The van der Waals surface area contributed by atoms with E-state index in [1.807, 2.05) is 31.2 Å². The van der Waals surface area contributed by atoms with Crippen molar-refractivity contribution in [3.8, 4) is 5.75 Å². The van der Waals surface area contributed by atoms with E-state index in [1.165, 1.54) is 11.3 Å². The molecule has 0 aliphatic carbocycles. The Kier molecular flexibility index (Phi) is 5.28. The van der Waals surface area contributed by atoms with Crippen LogP contribution in [0.15, 0.2) is 35.8 Å². The summed E-state index contributed by atoms with van der Waals surface area (Å²) in [5.74, 6) is -0.649. The van der Waals surface area contributed by atoms with Crippen molar-refractivity contribution >= 4 is 28.3 Å². The van der Waals surface area contributed by atoms with E-state index >= 15 is 0 Å². The first-order valence-electron chi connectivity index (χ1n) is 6.39. The molecule has 0 aliphatic rings. The van der Waals surface area contributed by atoms with E-state index in [9.17, 15) is 9.59 Å². The molecule has 0 radical (unpaired) electrons. The van der Waals surface area contributed by atoms with Gasteiger partial charge in [-0.05, 0) is 24.6 Å². The number of rotatable bonds is 5. The second-order valence-corrected chi connectivity index (χ2v) is 4.95. The molecule has 0 spiro atoms. The van der Waals surface area contributed by atoms with Gasteiger partial charge >= 0.3 is 11.8 Å². The summed E-state index contributed by atoms with van der Waals surface area (Å²) < 4.78 is 5.33. The summed E-state index contributed by atoms with van der Waals surface area (Å²) in [5.41, 5.74) is 0.883. The molecule has 2 rings (SSSR count). The second-order valence-electron chi connectivity index (χ2n) is 4.05. The number of thiazole rings is 1. The number of ether oxygens (including phenoxy) is 1. The molecule has 0 bridgehead atoms. The Morgan fingerprint density at radius 2 is 2.00 bits per heavy atom. The molecule has 0 saturated carbocycles. The van der Waals surface area contributed by atoms with Crippen LogP contribution in [-0.4, -0.2) is 23.4 Å². The molecular weight excluding hydrogens is 290 g/mol. The molecule has 0 atom stereocenters. The topological polar surface area (TPSA) is 80.3 Å². The first kappa shape index (κ1) is 15.0. The average molecular weight is 305 g/mol. The van der Waals surface area contributed by atoms with Gasteiger partial charge in [0.1, 0.15) is 5.75 Å². The molecule has 1 aromatic carbocycles. The third-order valence-electron chi connectivity index (χ3n) is 2.55. The normalized spacial score (nSPS) is 9.95. The van der Waals surface area contributed by atoms with Gasteiger partial charge in [0.25, 0.3) is 0 Å². The summed E-state index contributed by atoms with van der Waals surface area (Å²) in [6.07, 6.45) is 1.55. The zero-order valence-electron chi connectivity index (χ0n) is 11.5. The van der Waals surface area contributed by atoms with Crippen molar-refractivity contribution in [1.82, 2.24) is 10.3 Å². The zero-order valence-corrected chi connectivity index (χ0v) is 12.3. The lowest BCUT2D eigenvalue weighted by Crippen LogP contribution is -2.34. The predicted molar refractivity (Wildman–Crippen MR) is 80.2 cm³/mol. The highest BCUT2D eigenvalue weighted by molar-refractivity contribution is 7.13. The molecule has 7 heteroatoms. The lowest BCUT2D eigenvalue weighted by atomic mass is 10.2. The molecule has 2 amide bonds. The lowest BCUT2D eigenvalue weighted by molar-refractivity contribution is -0.136. The maximum absolute atomic E-state index is 11.6. The number of anilines is 1. The maximum Gasteiger partial charge on any atom is 0.315 e. The van der Waals surface area contributed by atoms with Gasteiger partial charge in [0.2, 0.25) is 0 Å². The largest absolute Gasteiger partial charge is 0.494 e. The van der Waals surface area contributed by atoms with Crippen LogP contribution < -0.4 is 15.4 Å². The van der Waals surface area contributed by atoms with Crippen molar-refractivity contribution in [2.75, 3.05) is 11.9 Å². The van der Waals surface area contributed by atoms with Crippen LogP contribution in [0.1, 0.15) is 12.5 Å². The molecule has 2 N–H and O–H groups in total. The van der Waals surface area contributed by atoms with Crippen molar-refractivity contribution in [3.05, 3.63) is 41.4 Å². The smallest absolute Gasteiger partial charge is 0.315 e. The minimum absolute atomic E-state index is 0.274.